The molecule has 0 saturated carbocycles. The van der Waals surface area contributed by atoms with Crippen LogP contribution in [-0.2, 0) is 11.3 Å². The van der Waals surface area contributed by atoms with E-state index >= 15 is 0 Å². The van der Waals surface area contributed by atoms with E-state index in [0.717, 1.165) is 5.56 Å². The van der Waals surface area contributed by atoms with Crippen LogP contribution in [0, 0.1) is 0 Å². The third-order valence-corrected chi connectivity index (χ3v) is 3.32. The molecular formula is C14H14Cl2N2O3. The SMILES string of the molecule is CC(C)(Oc1nn(Cc2ccc(Cl)cc2)cc1Cl)C(=O)O. The second-order valence-electron chi connectivity index (χ2n) is 5.02. The molecule has 0 spiro atoms. The van der Waals surface area contributed by atoms with Crippen LogP contribution in [0.5, 0.6) is 5.88 Å². The summed E-state index contributed by atoms with van der Waals surface area (Å²) >= 11 is 11.9. The van der Waals surface area contributed by atoms with E-state index in [1.807, 2.05) is 12.1 Å². The fraction of sp³-hybridized carbons (Fsp3) is 0.286. The molecule has 1 aromatic heterocycles. The van der Waals surface area contributed by atoms with Crippen molar-refractivity contribution in [1.29, 1.82) is 0 Å². The summed E-state index contributed by atoms with van der Waals surface area (Å²) in [5.41, 5.74) is -0.411. The van der Waals surface area contributed by atoms with Gasteiger partial charge in [0.1, 0.15) is 5.02 Å². The van der Waals surface area contributed by atoms with Gasteiger partial charge in [0.25, 0.3) is 5.88 Å². The molecule has 2 aromatic rings. The molecule has 0 atom stereocenters. The summed E-state index contributed by atoms with van der Waals surface area (Å²) in [4.78, 5) is 11.1. The van der Waals surface area contributed by atoms with Crippen LogP contribution < -0.4 is 4.74 Å². The topological polar surface area (TPSA) is 64.4 Å². The van der Waals surface area contributed by atoms with Crippen LogP contribution in [0.4, 0.5) is 0 Å². The van der Waals surface area contributed by atoms with Gasteiger partial charge in [-0.05, 0) is 31.5 Å². The number of halogens is 2. The molecular weight excluding hydrogens is 315 g/mol. The van der Waals surface area contributed by atoms with Gasteiger partial charge in [-0.25, -0.2) is 4.79 Å². The van der Waals surface area contributed by atoms with Gasteiger partial charge < -0.3 is 9.84 Å². The van der Waals surface area contributed by atoms with Crippen molar-refractivity contribution in [3.8, 4) is 5.88 Å². The van der Waals surface area contributed by atoms with Crippen LogP contribution in [0.25, 0.3) is 0 Å². The first-order chi connectivity index (χ1) is 9.78. The molecule has 5 nitrogen and oxygen atoms in total. The zero-order chi connectivity index (χ0) is 15.6. The van der Waals surface area contributed by atoms with Crippen molar-refractivity contribution >= 4 is 29.2 Å². The van der Waals surface area contributed by atoms with Crippen molar-refractivity contribution in [3.63, 3.8) is 0 Å². The van der Waals surface area contributed by atoms with Gasteiger partial charge in [0.2, 0.25) is 5.60 Å². The van der Waals surface area contributed by atoms with E-state index in [0.29, 0.717) is 11.6 Å². The normalized spacial score (nSPS) is 11.4. The number of carboxylic acid groups (broad SMARTS) is 1. The Morgan fingerprint density at radius 1 is 1.33 bits per heavy atom. The fourth-order valence-electron chi connectivity index (χ4n) is 1.59. The zero-order valence-corrected chi connectivity index (χ0v) is 13.0. The summed E-state index contributed by atoms with van der Waals surface area (Å²) < 4.78 is 6.93. The minimum Gasteiger partial charge on any atom is -0.478 e. The van der Waals surface area contributed by atoms with Crippen molar-refractivity contribution in [2.45, 2.75) is 26.0 Å². The summed E-state index contributed by atoms with van der Waals surface area (Å²) in [5.74, 6) is -0.996. The number of aromatic nitrogens is 2. The third kappa shape index (κ3) is 3.89. The van der Waals surface area contributed by atoms with E-state index in [1.54, 1.807) is 23.0 Å². The minimum atomic E-state index is -1.40. The molecule has 0 amide bonds. The Hall–Kier alpha value is -1.72. The summed E-state index contributed by atoms with van der Waals surface area (Å²) in [7, 11) is 0. The van der Waals surface area contributed by atoms with Crippen molar-refractivity contribution in [2.75, 3.05) is 0 Å². The summed E-state index contributed by atoms with van der Waals surface area (Å²) in [5, 5.41) is 14.1. The Morgan fingerprint density at radius 3 is 2.52 bits per heavy atom. The number of ether oxygens (including phenoxy) is 1. The summed E-state index contributed by atoms with van der Waals surface area (Å²) in [6.45, 7) is 3.35. The van der Waals surface area contributed by atoms with E-state index in [-0.39, 0.29) is 10.9 Å². The van der Waals surface area contributed by atoms with E-state index in [9.17, 15) is 4.79 Å². The van der Waals surface area contributed by atoms with Crippen molar-refractivity contribution in [1.82, 2.24) is 9.78 Å². The Morgan fingerprint density at radius 2 is 1.95 bits per heavy atom. The van der Waals surface area contributed by atoms with Crippen LogP contribution in [0.3, 0.4) is 0 Å². The van der Waals surface area contributed by atoms with Gasteiger partial charge in [-0.2, -0.15) is 0 Å². The Kier molecular flexibility index (Phi) is 4.44. The summed E-state index contributed by atoms with van der Waals surface area (Å²) in [6, 6.07) is 7.32. The van der Waals surface area contributed by atoms with Gasteiger partial charge in [-0.15, -0.1) is 5.10 Å². The van der Waals surface area contributed by atoms with Crippen LogP contribution in [-0.4, -0.2) is 26.5 Å². The standard InChI is InChI=1S/C14H14Cl2N2O3/c1-14(2,13(19)20)21-12-11(16)8-18(17-12)7-9-3-5-10(15)6-4-9/h3-6,8H,7H2,1-2H3,(H,19,20). The molecule has 0 aliphatic rings. The second-order valence-corrected chi connectivity index (χ2v) is 5.87. The number of rotatable bonds is 5. The quantitative estimate of drug-likeness (QED) is 0.912. The van der Waals surface area contributed by atoms with Gasteiger partial charge in [0.05, 0.1) is 6.54 Å². The maximum atomic E-state index is 11.1. The van der Waals surface area contributed by atoms with Gasteiger partial charge in [0.15, 0.2) is 0 Å². The molecule has 1 heterocycles. The molecule has 0 aliphatic carbocycles. The Labute approximate surface area is 132 Å². The molecule has 0 radical (unpaired) electrons. The number of carboxylic acids is 1. The van der Waals surface area contributed by atoms with Gasteiger partial charge >= 0.3 is 5.97 Å². The van der Waals surface area contributed by atoms with E-state index in [4.69, 9.17) is 33.0 Å². The lowest BCUT2D eigenvalue weighted by Crippen LogP contribution is -2.38. The molecule has 0 unspecified atom stereocenters. The number of benzene rings is 1. The second kappa shape index (κ2) is 5.95. The molecule has 2 rings (SSSR count). The molecule has 0 fully saturated rings. The van der Waals surface area contributed by atoms with Crippen molar-refractivity contribution in [3.05, 3.63) is 46.1 Å². The van der Waals surface area contributed by atoms with Gasteiger partial charge in [-0.3, -0.25) is 4.68 Å². The van der Waals surface area contributed by atoms with Crippen molar-refractivity contribution in [2.24, 2.45) is 0 Å². The van der Waals surface area contributed by atoms with E-state index in [1.165, 1.54) is 13.8 Å². The molecule has 1 aromatic carbocycles. The van der Waals surface area contributed by atoms with Crippen LogP contribution in [0.15, 0.2) is 30.5 Å². The molecule has 0 saturated heterocycles. The number of hydrogen-bond acceptors (Lipinski definition) is 3. The first-order valence-electron chi connectivity index (χ1n) is 6.18. The summed E-state index contributed by atoms with van der Waals surface area (Å²) in [6.07, 6.45) is 1.59. The third-order valence-electron chi connectivity index (χ3n) is 2.81. The van der Waals surface area contributed by atoms with Crippen molar-refractivity contribution < 1.29 is 14.6 Å². The highest BCUT2D eigenvalue weighted by Gasteiger charge is 2.31. The predicted molar refractivity (Wildman–Crippen MR) is 80.1 cm³/mol. The monoisotopic (exact) mass is 328 g/mol. The largest absolute Gasteiger partial charge is 0.478 e. The molecule has 7 heteroatoms. The highest BCUT2D eigenvalue weighted by atomic mass is 35.5. The molecule has 0 bridgehead atoms. The average molecular weight is 329 g/mol. The zero-order valence-electron chi connectivity index (χ0n) is 11.5. The average Bonchev–Trinajstić information content (AvgIpc) is 2.72. The van der Waals surface area contributed by atoms with Gasteiger partial charge in [-0.1, -0.05) is 35.3 Å². The van der Waals surface area contributed by atoms with Crippen LogP contribution in [0.2, 0.25) is 10.0 Å². The smallest absolute Gasteiger partial charge is 0.347 e. The lowest BCUT2D eigenvalue weighted by atomic mass is 10.1. The lowest BCUT2D eigenvalue weighted by molar-refractivity contribution is -0.152. The maximum absolute atomic E-state index is 11.1. The number of hydrogen-bond donors (Lipinski definition) is 1. The number of carbonyl (C=O) groups is 1. The maximum Gasteiger partial charge on any atom is 0.347 e. The highest BCUT2D eigenvalue weighted by molar-refractivity contribution is 6.31. The fourth-order valence-corrected chi connectivity index (χ4v) is 1.91. The highest BCUT2D eigenvalue weighted by Crippen LogP contribution is 2.26. The number of aliphatic carboxylic acids is 1. The van der Waals surface area contributed by atoms with Gasteiger partial charge in [0, 0.05) is 11.2 Å². The first-order valence-corrected chi connectivity index (χ1v) is 6.93. The molecule has 112 valence electrons. The Balaban J connectivity index is 2.15. The van der Waals surface area contributed by atoms with E-state index < -0.39 is 11.6 Å². The minimum absolute atomic E-state index is 0.0954. The lowest BCUT2D eigenvalue weighted by Gasteiger charge is -2.19. The predicted octanol–water partition coefficient (Wildman–Crippen LogP) is 3.48. The van der Waals surface area contributed by atoms with Crippen LogP contribution >= 0.6 is 23.2 Å². The van der Waals surface area contributed by atoms with E-state index in [2.05, 4.69) is 5.10 Å². The van der Waals surface area contributed by atoms with Crippen LogP contribution in [0.1, 0.15) is 19.4 Å². The Bertz CT molecular complexity index is 651. The molecule has 1 N–H and O–H groups in total. The number of nitrogens with zero attached hydrogens (tertiary/aromatic N) is 2. The molecule has 21 heavy (non-hydrogen) atoms. The first kappa shape index (κ1) is 15.7. The molecule has 0 aliphatic heterocycles.